The Kier molecular flexibility index (Phi) is 17.5. The molecule has 0 spiro atoms. The zero-order chi connectivity index (χ0) is 15.6. The fourth-order valence-electron chi connectivity index (χ4n) is 2.82. The van der Waals surface area contributed by atoms with E-state index in [1.54, 1.807) is 0 Å². The molecule has 0 radical (unpaired) electrons. The minimum atomic E-state index is 0.766. The van der Waals surface area contributed by atoms with Crippen LogP contribution < -0.4 is 5.73 Å². The van der Waals surface area contributed by atoms with Gasteiger partial charge in [-0.05, 0) is 44.6 Å². The van der Waals surface area contributed by atoms with Gasteiger partial charge in [-0.3, -0.25) is 0 Å². The van der Waals surface area contributed by atoms with E-state index in [4.69, 9.17) is 5.73 Å². The van der Waals surface area contributed by atoms with Gasteiger partial charge in [-0.15, -0.1) is 0 Å². The van der Waals surface area contributed by atoms with Crippen molar-refractivity contribution in [2.45, 2.75) is 104 Å². The fraction of sp³-hybridized carbons (Fsp3) is 0.900. The van der Waals surface area contributed by atoms with E-state index in [2.05, 4.69) is 26.0 Å². The van der Waals surface area contributed by atoms with Gasteiger partial charge < -0.3 is 5.73 Å². The predicted octanol–water partition coefficient (Wildman–Crippen LogP) is 6.62. The maximum Gasteiger partial charge on any atom is -0.00490 e. The Bertz CT molecular complexity index is 206. The lowest BCUT2D eigenvalue weighted by Gasteiger charge is -2.10. The van der Waals surface area contributed by atoms with E-state index >= 15 is 0 Å². The maximum absolute atomic E-state index is 5.73. The first-order valence-corrected chi connectivity index (χ1v) is 9.70. The molecule has 0 aromatic heterocycles. The molecule has 1 atom stereocenters. The summed E-state index contributed by atoms with van der Waals surface area (Å²) in [5.74, 6) is 0.766. The first kappa shape index (κ1) is 20.7. The van der Waals surface area contributed by atoms with Crippen LogP contribution in [0.5, 0.6) is 0 Å². The van der Waals surface area contributed by atoms with Gasteiger partial charge in [-0.25, -0.2) is 0 Å². The Labute approximate surface area is 134 Å². The zero-order valence-corrected chi connectivity index (χ0v) is 14.9. The van der Waals surface area contributed by atoms with Gasteiger partial charge in [0.05, 0.1) is 0 Å². The minimum Gasteiger partial charge on any atom is -0.330 e. The van der Waals surface area contributed by atoms with Crippen LogP contribution in [0, 0.1) is 5.92 Å². The molecule has 2 N–H and O–H groups in total. The van der Waals surface area contributed by atoms with Crippen molar-refractivity contribution in [2.24, 2.45) is 11.7 Å². The number of nitrogens with two attached hydrogens (primary N) is 1. The third-order valence-corrected chi connectivity index (χ3v) is 4.53. The second-order valence-corrected chi connectivity index (χ2v) is 6.53. The number of unbranched alkanes of at least 4 members (excludes halogenated alkanes) is 10. The van der Waals surface area contributed by atoms with Crippen molar-refractivity contribution in [2.75, 3.05) is 6.54 Å². The van der Waals surface area contributed by atoms with Crippen molar-refractivity contribution in [3.63, 3.8) is 0 Å². The van der Waals surface area contributed by atoms with Crippen molar-refractivity contribution in [1.82, 2.24) is 0 Å². The molecule has 0 amide bonds. The predicted molar refractivity (Wildman–Crippen MR) is 97.7 cm³/mol. The topological polar surface area (TPSA) is 26.0 Å². The van der Waals surface area contributed by atoms with Crippen molar-refractivity contribution < 1.29 is 0 Å². The molecule has 1 heteroatoms. The van der Waals surface area contributed by atoms with Crippen molar-refractivity contribution in [3.8, 4) is 0 Å². The van der Waals surface area contributed by atoms with Gasteiger partial charge in [0.15, 0.2) is 0 Å². The monoisotopic (exact) mass is 295 g/mol. The SMILES string of the molecule is CCCCCCCCC=CCCCCCCC(CC)CN. The van der Waals surface area contributed by atoms with Crippen LogP contribution in [0.15, 0.2) is 12.2 Å². The smallest absolute Gasteiger partial charge is 0.00490 e. The highest BCUT2D eigenvalue weighted by molar-refractivity contribution is 4.81. The van der Waals surface area contributed by atoms with Crippen molar-refractivity contribution in [1.29, 1.82) is 0 Å². The molecule has 0 saturated heterocycles. The Hall–Kier alpha value is -0.300. The van der Waals surface area contributed by atoms with Gasteiger partial charge >= 0.3 is 0 Å². The summed E-state index contributed by atoms with van der Waals surface area (Å²) < 4.78 is 0. The van der Waals surface area contributed by atoms with E-state index in [-0.39, 0.29) is 0 Å². The molecular formula is C20H41N. The molecule has 0 bridgehead atoms. The lowest BCUT2D eigenvalue weighted by Crippen LogP contribution is -2.13. The number of allylic oxidation sites excluding steroid dienone is 2. The summed E-state index contributed by atoms with van der Waals surface area (Å²) in [6.07, 6.45) is 23.9. The van der Waals surface area contributed by atoms with Gasteiger partial charge in [0.2, 0.25) is 0 Å². The van der Waals surface area contributed by atoms with Crippen LogP contribution in [-0.4, -0.2) is 6.54 Å². The van der Waals surface area contributed by atoms with E-state index in [0.717, 1.165) is 12.5 Å². The molecule has 1 nitrogen and oxygen atoms in total. The standard InChI is InChI=1S/C20H41N/c1-3-5-6-7-8-9-10-11-12-13-14-15-16-17-18-20(4-2)19-21/h11-12,20H,3-10,13-19,21H2,1-2H3. The lowest BCUT2D eigenvalue weighted by atomic mass is 9.98. The normalized spacial score (nSPS) is 13.1. The average Bonchev–Trinajstić information content (AvgIpc) is 2.51. The number of hydrogen-bond donors (Lipinski definition) is 1. The summed E-state index contributed by atoms with van der Waals surface area (Å²) in [5.41, 5.74) is 5.73. The quantitative estimate of drug-likeness (QED) is 0.251. The van der Waals surface area contributed by atoms with E-state index in [1.807, 2.05) is 0 Å². The third kappa shape index (κ3) is 15.9. The van der Waals surface area contributed by atoms with Crippen LogP contribution in [0.2, 0.25) is 0 Å². The van der Waals surface area contributed by atoms with Crippen LogP contribution in [0.3, 0.4) is 0 Å². The molecule has 0 aliphatic heterocycles. The van der Waals surface area contributed by atoms with Gasteiger partial charge in [0, 0.05) is 0 Å². The van der Waals surface area contributed by atoms with Crippen LogP contribution in [0.25, 0.3) is 0 Å². The summed E-state index contributed by atoms with van der Waals surface area (Å²) >= 11 is 0. The molecule has 0 aromatic rings. The molecule has 0 rings (SSSR count). The van der Waals surface area contributed by atoms with Gasteiger partial charge in [0.1, 0.15) is 0 Å². The van der Waals surface area contributed by atoms with Crippen molar-refractivity contribution in [3.05, 3.63) is 12.2 Å². The Morgan fingerprint density at radius 2 is 1.24 bits per heavy atom. The van der Waals surface area contributed by atoms with Crippen molar-refractivity contribution >= 4 is 0 Å². The second kappa shape index (κ2) is 17.8. The first-order chi connectivity index (χ1) is 10.3. The molecule has 0 heterocycles. The van der Waals surface area contributed by atoms with Gasteiger partial charge in [-0.1, -0.05) is 83.8 Å². The average molecular weight is 296 g/mol. The van der Waals surface area contributed by atoms with Crippen LogP contribution in [0.4, 0.5) is 0 Å². The van der Waals surface area contributed by atoms with E-state index < -0.39 is 0 Å². The summed E-state index contributed by atoms with van der Waals surface area (Å²) in [4.78, 5) is 0. The maximum atomic E-state index is 5.73. The molecule has 0 saturated carbocycles. The zero-order valence-electron chi connectivity index (χ0n) is 14.9. The molecule has 21 heavy (non-hydrogen) atoms. The highest BCUT2D eigenvalue weighted by atomic mass is 14.5. The first-order valence-electron chi connectivity index (χ1n) is 9.70. The molecule has 0 aromatic carbocycles. The molecular weight excluding hydrogens is 254 g/mol. The van der Waals surface area contributed by atoms with Crippen LogP contribution in [0.1, 0.15) is 104 Å². The van der Waals surface area contributed by atoms with Gasteiger partial charge in [0.25, 0.3) is 0 Å². The molecule has 0 fully saturated rings. The summed E-state index contributed by atoms with van der Waals surface area (Å²) in [6.45, 7) is 5.41. The third-order valence-electron chi connectivity index (χ3n) is 4.53. The highest BCUT2D eigenvalue weighted by Gasteiger charge is 2.02. The minimum absolute atomic E-state index is 0.766. The molecule has 126 valence electrons. The van der Waals surface area contributed by atoms with E-state index in [9.17, 15) is 0 Å². The van der Waals surface area contributed by atoms with Gasteiger partial charge in [-0.2, -0.15) is 0 Å². The Morgan fingerprint density at radius 1 is 0.714 bits per heavy atom. The molecule has 1 unspecified atom stereocenters. The van der Waals surface area contributed by atoms with Crippen LogP contribution in [-0.2, 0) is 0 Å². The largest absolute Gasteiger partial charge is 0.330 e. The number of hydrogen-bond acceptors (Lipinski definition) is 1. The number of rotatable bonds is 16. The fourth-order valence-corrected chi connectivity index (χ4v) is 2.82. The van der Waals surface area contributed by atoms with E-state index in [0.29, 0.717) is 0 Å². The van der Waals surface area contributed by atoms with E-state index in [1.165, 1.54) is 89.9 Å². The Morgan fingerprint density at radius 3 is 1.76 bits per heavy atom. The molecule has 0 aliphatic rings. The second-order valence-electron chi connectivity index (χ2n) is 6.53. The summed E-state index contributed by atoms with van der Waals surface area (Å²) in [6, 6.07) is 0. The summed E-state index contributed by atoms with van der Waals surface area (Å²) in [7, 11) is 0. The Balaban J connectivity index is 3.15. The summed E-state index contributed by atoms with van der Waals surface area (Å²) in [5, 5.41) is 0. The highest BCUT2D eigenvalue weighted by Crippen LogP contribution is 2.13. The lowest BCUT2D eigenvalue weighted by molar-refractivity contribution is 0.449. The molecule has 0 aliphatic carbocycles. The van der Waals surface area contributed by atoms with Crippen LogP contribution >= 0.6 is 0 Å².